The van der Waals surface area contributed by atoms with E-state index in [0.717, 1.165) is 18.9 Å². The van der Waals surface area contributed by atoms with E-state index in [9.17, 15) is 5.11 Å². The number of hydrogen-bond acceptors (Lipinski definition) is 3. The van der Waals surface area contributed by atoms with E-state index in [1.165, 1.54) is 38.8 Å². The zero-order chi connectivity index (χ0) is 13.1. The van der Waals surface area contributed by atoms with Gasteiger partial charge in [0.25, 0.3) is 0 Å². The van der Waals surface area contributed by atoms with Gasteiger partial charge in [-0.25, -0.2) is 0 Å². The van der Waals surface area contributed by atoms with Crippen molar-refractivity contribution in [3.63, 3.8) is 0 Å². The fourth-order valence-electron chi connectivity index (χ4n) is 3.63. The minimum absolute atomic E-state index is 0.0547. The number of likely N-dealkylation sites (tertiary alicyclic amines) is 1. The SMILES string of the molecule is CC1CCC(O)C(CN2CCCC(N(C)C)C2)C1. The Morgan fingerprint density at radius 2 is 2.00 bits per heavy atom. The summed E-state index contributed by atoms with van der Waals surface area (Å²) in [5, 5.41) is 10.2. The second-order valence-corrected chi connectivity index (χ2v) is 6.76. The Kier molecular flexibility index (Phi) is 5.05. The molecule has 0 aromatic rings. The van der Waals surface area contributed by atoms with Gasteiger partial charge in [0.05, 0.1) is 6.10 Å². The van der Waals surface area contributed by atoms with Gasteiger partial charge < -0.3 is 14.9 Å². The lowest BCUT2D eigenvalue weighted by molar-refractivity contribution is 0.0191. The molecule has 2 fully saturated rings. The highest BCUT2D eigenvalue weighted by molar-refractivity contribution is 4.84. The smallest absolute Gasteiger partial charge is 0.0580 e. The first-order valence-electron chi connectivity index (χ1n) is 7.63. The second kappa shape index (κ2) is 6.36. The summed E-state index contributed by atoms with van der Waals surface area (Å²) in [6.07, 6.45) is 6.01. The van der Waals surface area contributed by atoms with Gasteiger partial charge in [-0.05, 0) is 64.6 Å². The summed E-state index contributed by atoms with van der Waals surface area (Å²) in [5.41, 5.74) is 0. The molecule has 3 heteroatoms. The van der Waals surface area contributed by atoms with Crippen molar-refractivity contribution in [1.29, 1.82) is 0 Å². The molecule has 4 atom stereocenters. The Morgan fingerprint density at radius 1 is 1.22 bits per heavy atom. The lowest BCUT2D eigenvalue weighted by atomic mass is 9.80. The molecule has 0 bridgehead atoms. The molecule has 0 spiro atoms. The van der Waals surface area contributed by atoms with Crippen molar-refractivity contribution in [2.75, 3.05) is 33.7 Å². The predicted molar refractivity (Wildman–Crippen MR) is 75.7 cm³/mol. The van der Waals surface area contributed by atoms with Crippen LogP contribution in [0.1, 0.15) is 39.0 Å². The molecule has 106 valence electrons. The standard InChI is InChI=1S/C15H30N2O/c1-12-6-7-15(18)13(9-12)10-17-8-4-5-14(11-17)16(2)3/h12-15,18H,4-11H2,1-3H3. The number of likely N-dealkylation sites (N-methyl/N-ethyl adjacent to an activating group) is 1. The highest BCUT2D eigenvalue weighted by atomic mass is 16.3. The van der Waals surface area contributed by atoms with Gasteiger partial charge in [-0.2, -0.15) is 0 Å². The molecule has 0 aromatic carbocycles. The minimum atomic E-state index is -0.0547. The molecule has 0 amide bonds. The summed E-state index contributed by atoms with van der Waals surface area (Å²) in [6.45, 7) is 5.85. The van der Waals surface area contributed by atoms with E-state index in [1.807, 2.05) is 0 Å². The van der Waals surface area contributed by atoms with Crippen LogP contribution in [0.4, 0.5) is 0 Å². The zero-order valence-corrected chi connectivity index (χ0v) is 12.3. The van der Waals surface area contributed by atoms with E-state index in [1.54, 1.807) is 0 Å². The zero-order valence-electron chi connectivity index (χ0n) is 12.3. The summed E-state index contributed by atoms with van der Waals surface area (Å²) < 4.78 is 0. The number of aliphatic hydroxyl groups excluding tert-OH is 1. The van der Waals surface area contributed by atoms with E-state index in [4.69, 9.17) is 0 Å². The normalized spacial score (nSPS) is 39.2. The molecule has 1 aliphatic carbocycles. The number of piperidine rings is 1. The highest BCUT2D eigenvalue weighted by Crippen LogP contribution is 2.30. The van der Waals surface area contributed by atoms with E-state index >= 15 is 0 Å². The molecule has 1 N–H and O–H groups in total. The molecule has 1 heterocycles. The molecule has 1 saturated carbocycles. The van der Waals surface area contributed by atoms with Crippen molar-refractivity contribution in [3.05, 3.63) is 0 Å². The van der Waals surface area contributed by atoms with Gasteiger partial charge >= 0.3 is 0 Å². The molecule has 3 nitrogen and oxygen atoms in total. The monoisotopic (exact) mass is 254 g/mol. The van der Waals surface area contributed by atoms with E-state index in [-0.39, 0.29) is 6.10 Å². The molecule has 1 saturated heterocycles. The van der Waals surface area contributed by atoms with Crippen LogP contribution in [0.15, 0.2) is 0 Å². The van der Waals surface area contributed by atoms with Crippen molar-refractivity contribution < 1.29 is 5.11 Å². The number of rotatable bonds is 3. The molecular formula is C15H30N2O. The maximum atomic E-state index is 10.2. The van der Waals surface area contributed by atoms with Crippen molar-refractivity contribution in [2.45, 2.75) is 51.2 Å². The van der Waals surface area contributed by atoms with Crippen LogP contribution in [-0.4, -0.2) is 60.8 Å². The maximum absolute atomic E-state index is 10.2. The van der Waals surface area contributed by atoms with Crippen LogP contribution in [0.25, 0.3) is 0 Å². The maximum Gasteiger partial charge on any atom is 0.0580 e. The van der Waals surface area contributed by atoms with Crippen LogP contribution < -0.4 is 0 Å². The largest absolute Gasteiger partial charge is 0.393 e. The van der Waals surface area contributed by atoms with Crippen molar-refractivity contribution in [3.8, 4) is 0 Å². The van der Waals surface area contributed by atoms with Crippen LogP contribution in [0.5, 0.6) is 0 Å². The molecule has 2 aliphatic rings. The van der Waals surface area contributed by atoms with Gasteiger partial charge in [-0.15, -0.1) is 0 Å². The van der Waals surface area contributed by atoms with Gasteiger partial charge in [0.1, 0.15) is 0 Å². The van der Waals surface area contributed by atoms with Crippen molar-refractivity contribution in [2.24, 2.45) is 11.8 Å². The van der Waals surface area contributed by atoms with Gasteiger partial charge in [0, 0.05) is 19.1 Å². The summed E-state index contributed by atoms with van der Waals surface area (Å²) in [4.78, 5) is 4.94. The fraction of sp³-hybridized carbons (Fsp3) is 1.00. The van der Waals surface area contributed by atoms with Gasteiger partial charge in [0.15, 0.2) is 0 Å². The fourth-order valence-corrected chi connectivity index (χ4v) is 3.63. The third-order valence-electron chi connectivity index (χ3n) is 4.91. The Balaban J connectivity index is 1.84. The summed E-state index contributed by atoms with van der Waals surface area (Å²) in [6, 6.07) is 0.705. The Morgan fingerprint density at radius 3 is 2.72 bits per heavy atom. The second-order valence-electron chi connectivity index (χ2n) is 6.76. The van der Waals surface area contributed by atoms with Crippen molar-refractivity contribution in [1.82, 2.24) is 9.80 Å². The Labute approximate surface area is 112 Å². The first-order valence-corrected chi connectivity index (χ1v) is 7.63. The molecular weight excluding hydrogens is 224 g/mol. The number of aliphatic hydroxyl groups is 1. The number of nitrogens with zero attached hydrogens (tertiary/aromatic N) is 2. The van der Waals surface area contributed by atoms with Crippen LogP contribution in [0.3, 0.4) is 0 Å². The topological polar surface area (TPSA) is 26.7 Å². The lowest BCUT2D eigenvalue weighted by Crippen LogP contribution is -2.48. The molecule has 0 radical (unpaired) electrons. The molecule has 0 aromatic heterocycles. The molecule has 4 unspecified atom stereocenters. The average molecular weight is 254 g/mol. The van der Waals surface area contributed by atoms with Crippen molar-refractivity contribution >= 4 is 0 Å². The van der Waals surface area contributed by atoms with Gasteiger partial charge in [-0.3, -0.25) is 0 Å². The average Bonchev–Trinajstić information content (AvgIpc) is 2.34. The highest BCUT2D eigenvalue weighted by Gasteiger charge is 2.30. The van der Waals surface area contributed by atoms with Crippen LogP contribution in [0, 0.1) is 11.8 Å². The lowest BCUT2D eigenvalue weighted by Gasteiger charge is -2.40. The molecule has 1 aliphatic heterocycles. The first-order chi connectivity index (χ1) is 8.56. The molecule has 18 heavy (non-hydrogen) atoms. The number of hydrogen-bond donors (Lipinski definition) is 1. The quantitative estimate of drug-likeness (QED) is 0.832. The van der Waals surface area contributed by atoms with Gasteiger partial charge in [0.2, 0.25) is 0 Å². The summed E-state index contributed by atoms with van der Waals surface area (Å²) in [7, 11) is 4.37. The van der Waals surface area contributed by atoms with E-state index in [2.05, 4.69) is 30.8 Å². The summed E-state index contributed by atoms with van der Waals surface area (Å²) >= 11 is 0. The van der Waals surface area contributed by atoms with E-state index in [0.29, 0.717) is 12.0 Å². The third kappa shape index (κ3) is 3.69. The van der Waals surface area contributed by atoms with Crippen LogP contribution in [-0.2, 0) is 0 Å². The minimum Gasteiger partial charge on any atom is -0.393 e. The Hall–Kier alpha value is -0.120. The Bertz CT molecular complexity index is 257. The van der Waals surface area contributed by atoms with E-state index < -0.39 is 0 Å². The predicted octanol–water partition coefficient (Wildman–Crippen LogP) is 1.81. The molecule has 2 rings (SSSR count). The third-order valence-corrected chi connectivity index (χ3v) is 4.91. The van der Waals surface area contributed by atoms with Crippen LogP contribution >= 0.6 is 0 Å². The van der Waals surface area contributed by atoms with Crippen LogP contribution in [0.2, 0.25) is 0 Å². The van der Waals surface area contributed by atoms with Gasteiger partial charge in [-0.1, -0.05) is 6.92 Å². The first kappa shape index (κ1) is 14.3. The summed E-state index contributed by atoms with van der Waals surface area (Å²) in [5.74, 6) is 1.31.